The summed E-state index contributed by atoms with van der Waals surface area (Å²) in [6.07, 6.45) is -1.05. The Bertz CT molecular complexity index is 874. The van der Waals surface area contributed by atoms with Crippen LogP contribution >= 0.6 is 0 Å². The van der Waals surface area contributed by atoms with Crippen LogP contribution in [0, 0.1) is 0 Å². The average Bonchev–Trinajstić information content (AvgIpc) is 2.77. The molecule has 2 amide bonds. The minimum Gasteiger partial charge on any atom is -0.497 e. The first-order valence-corrected chi connectivity index (χ1v) is 9.02. The van der Waals surface area contributed by atoms with E-state index in [1.165, 1.54) is 33.3 Å². The number of methoxy groups -OCH3 is 3. The van der Waals surface area contributed by atoms with Crippen molar-refractivity contribution < 1.29 is 33.3 Å². The zero-order valence-electron chi connectivity index (χ0n) is 17.2. The normalized spacial score (nSPS) is 11.1. The summed E-state index contributed by atoms with van der Waals surface area (Å²) in [4.78, 5) is 36.4. The lowest BCUT2D eigenvalue weighted by Crippen LogP contribution is -2.35. The minimum absolute atomic E-state index is 0.254. The average molecular weight is 416 g/mol. The predicted molar refractivity (Wildman–Crippen MR) is 109 cm³/mol. The summed E-state index contributed by atoms with van der Waals surface area (Å²) < 4.78 is 20.3. The summed E-state index contributed by atoms with van der Waals surface area (Å²) in [6.45, 7) is 1.03. The van der Waals surface area contributed by atoms with Crippen LogP contribution in [0.25, 0.3) is 0 Å². The smallest absolute Gasteiger partial charge is 0.326 e. The zero-order chi connectivity index (χ0) is 22.1. The summed E-state index contributed by atoms with van der Waals surface area (Å²) in [5.41, 5.74) is 0.785. The molecule has 2 aromatic carbocycles. The van der Waals surface area contributed by atoms with Gasteiger partial charge in [0.25, 0.3) is 11.8 Å². The Morgan fingerprint density at radius 3 is 1.97 bits per heavy atom. The van der Waals surface area contributed by atoms with Crippen molar-refractivity contribution in [1.29, 1.82) is 0 Å². The number of amides is 2. The third-order valence-corrected chi connectivity index (χ3v) is 4.04. The number of carbonyl (C=O) groups is 3. The van der Waals surface area contributed by atoms with Crippen LogP contribution < -0.4 is 24.8 Å². The van der Waals surface area contributed by atoms with E-state index < -0.39 is 30.4 Å². The molecule has 0 fully saturated rings. The first-order valence-electron chi connectivity index (χ1n) is 9.02. The van der Waals surface area contributed by atoms with Gasteiger partial charge in [0, 0.05) is 17.3 Å². The molecule has 0 aliphatic heterocycles. The SMILES string of the molecule is COc1ccc(NC(=O)[C@H](C)OC(=O)CNC(=O)c2cc(OC)cc(OC)c2)cc1. The molecule has 1 atom stereocenters. The van der Waals surface area contributed by atoms with E-state index in [-0.39, 0.29) is 5.56 Å². The van der Waals surface area contributed by atoms with Crippen LogP contribution in [-0.2, 0) is 14.3 Å². The third-order valence-electron chi connectivity index (χ3n) is 4.04. The molecule has 160 valence electrons. The fraction of sp³-hybridized carbons (Fsp3) is 0.286. The maximum absolute atomic E-state index is 12.3. The molecule has 9 nitrogen and oxygen atoms in total. The largest absolute Gasteiger partial charge is 0.497 e. The van der Waals surface area contributed by atoms with Gasteiger partial charge in [0.2, 0.25) is 0 Å². The fourth-order valence-corrected chi connectivity index (χ4v) is 2.40. The summed E-state index contributed by atoms with van der Waals surface area (Å²) in [5.74, 6) is -0.249. The van der Waals surface area contributed by atoms with Gasteiger partial charge >= 0.3 is 5.97 Å². The Labute approximate surface area is 174 Å². The van der Waals surface area contributed by atoms with Crippen molar-refractivity contribution in [3.63, 3.8) is 0 Å². The molecule has 2 rings (SSSR count). The monoisotopic (exact) mass is 416 g/mol. The third kappa shape index (κ3) is 6.40. The Morgan fingerprint density at radius 2 is 1.43 bits per heavy atom. The van der Waals surface area contributed by atoms with Gasteiger partial charge in [-0.05, 0) is 43.3 Å². The lowest BCUT2D eigenvalue weighted by molar-refractivity contribution is -0.152. The molecule has 0 saturated heterocycles. The van der Waals surface area contributed by atoms with Crippen molar-refractivity contribution in [3.05, 3.63) is 48.0 Å². The highest BCUT2D eigenvalue weighted by Gasteiger charge is 2.19. The molecule has 0 saturated carbocycles. The number of carbonyl (C=O) groups excluding carboxylic acids is 3. The maximum Gasteiger partial charge on any atom is 0.326 e. The number of benzene rings is 2. The van der Waals surface area contributed by atoms with Gasteiger partial charge in [0.15, 0.2) is 6.10 Å². The lowest BCUT2D eigenvalue weighted by Gasteiger charge is -2.14. The van der Waals surface area contributed by atoms with Crippen LogP contribution in [0.1, 0.15) is 17.3 Å². The van der Waals surface area contributed by atoms with Gasteiger partial charge in [0.1, 0.15) is 23.8 Å². The lowest BCUT2D eigenvalue weighted by atomic mass is 10.2. The van der Waals surface area contributed by atoms with Crippen LogP contribution in [-0.4, -0.2) is 51.8 Å². The van der Waals surface area contributed by atoms with E-state index in [0.29, 0.717) is 22.9 Å². The number of esters is 1. The molecule has 0 aromatic heterocycles. The molecule has 2 aromatic rings. The van der Waals surface area contributed by atoms with Gasteiger partial charge < -0.3 is 29.6 Å². The van der Waals surface area contributed by atoms with E-state index in [9.17, 15) is 14.4 Å². The van der Waals surface area contributed by atoms with Gasteiger partial charge in [-0.2, -0.15) is 0 Å². The van der Waals surface area contributed by atoms with Crippen molar-refractivity contribution >= 4 is 23.5 Å². The molecule has 0 aliphatic rings. The molecular formula is C21H24N2O7. The van der Waals surface area contributed by atoms with E-state index in [1.54, 1.807) is 37.4 Å². The van der Waals surface area contributed by atoms with Crippen LogP contribution in [0.4, 0.5) is 5.69 Å². The molecule has 30 heavy (non-hydrogen) atoms. The predicted octanol–water partition coefficient (Wildman–Crippen LogP) is 2.01. The Kier molecular flexibility index (Phi) is 8.04. The Hall–Kier alpha value is -3.75. The van der Waals surface area contributed by atoms with Crippen molar-refractivity contribution in [2.24, 2.45) is 0 Å². The van der Waals surface area contributed by atoms with Crippen LogP contribution in [0.2, 0.25) is 0 Å². The van der Waals surface area contributed by atoms with Crippen molar-refractivity contribution in [2.45, 2.75) is 13.0 Å². The molecule has 0 radical (unpaired) electrons. The van der Waals surface area contributed by atoms with Gasteiger partial charge in [-0.15, -0.1) is 0 Å². The topological polar surface area (TPSA) is 112 Å². The van der Waals surface area contributed by atoms with Gasteiger partial charge in [-0.25, -0.2) is 0 Å². The van der Waals surface area contributed by atoms with Crippen molar-refractivity contribution in [3.8, 4) is 17.2 Å². The standard InChI is InChI=1S/C21H24N2O7/c1-13(20(25)23-15-5-7-16(27-2)8-6-15)30-19(24)12-22-21(26)14-9-17(28-3)11-18(10-14)29-4/h5-11,13H,12H2,1-4H3,(H,22,26)(H,23,25)/t13-/m0/s1. The Balaban J connectivity index is 1.85. The van der Waals surface area contributed by atoms with Crippen molar-refractivity contribution in [1.82, 2.24) is 5.32 Å². The summed E-state index contributed by atoms with van der Waals surface area (Å²) in [7, 11) is 4.47. The summed E-state index contributed by atoms with van der Waals surface area (Å²) >= 11 is 0. The van der Waals surface area contributed by atoms with Crippen LogP contribution in [0.3, 0.4) is 0 Å². The quantitative estimate of drug-likeness (QED) is 0.602. The number of hydrogen-bond donors (Lipinski definition) is 2. The number of ether oxygens (including phenoxy) is 4. The van der Waals surface area contributed by atoms with E-state index in [1.807, 2.05) is 0 Å². The molecule has 0 spiro atoms. The highest BCUT2D eigenvalue weighted by molar-refractivity contribution is 5.97. The number of hydrogen-bond acceptors (Lipinski definition) is 7. The van der Waals surface area contributed by atoms with Crippen LogP contribution in [0.15, 0.2) is 42.5 Å². The Morgan fingerprint density at radius 1 is 0.867 bits per heavy atom. The first kappa shape index (κ1) is 22.5. The second-order valence-corrected chi connectivity index (χ2v) is 6.13. The zero-order valence-corrected chi connectivity index (χ0v) is 17.2. The summed E-state index contributed by atoms with van der Waals surface area (Å²) in [5, 5.41) is 5.07. The molecule has 2 N–H and O–H groups in total. The highest BCUT2D eigenvalue weighted by atomic mass is 16.5. The van der Waals surface area contributed by atoms with Gasteiger partial charge in [0.05, 0.1) is 21.3 Å². The van der Waals surface area contributed by atoms with E-state index in [0.717, 1.165) is 0 Å². The van der Waals surface area contributed by atoms with Crippen molar-refractivity contribution in [2.75, 3.05) is 33.2 Å². The highest BCUT2D eigenvalue weighted by Crippen LogP contribution is 2.22. The number of nitrogens with one attached hydrogen (secondary N) is 2. The minimum atomic E-state index is -1.05. The van der Waals surface area contributed by atoms with Crippen LogP contribution in [0.5, 0.6) is 17.2 Å². The number of rotatable bonds is 9. The van der Waals surface area contributed by atoms with Gasteiger partial charge in [-0.3, -0.25) is 14.4 Å². The molecule has 0 bridgehead atoms. The van der Waals surface area contributed by atoms with E-state index >= 15 is 0 Å². The molecule has 0 heterocycles. The van der Waals surface area contributed by atoms with Gasteiger partial charge in [-0.1, -0.05) is 0 Å². The second-order valence-electron chi connectivity index (χ2n) is 6.13. The second kappa shape index (κ2) is 10.7. The molecular weight excluding hydrogens is 392 g/mol. The maximum atomic E-state index is 12.3. The number of anilines is 1. The molecule has 0 aliphatic carbocycles. The van der Waals surface area contributed by atoms with E-state index in [2.05, 4.69) is 10.6 Å². The van der Waals surface area contributed by atoms with E-state index in [4.69, 9.17) is 18.9 Å². The summed E-state index contributed by atoms with van der Waals surface area (Å²) in [6, 6.07) is 11.3. The molecule has 9 heteroatoms. The first-order chi connectivity index (χ1) is 14.4. The molecule has 0 unspecified atom stereocenters. The fourth-order valence-electron chi connectivity index (χ4n) is 2.40.